The van der Waals surface area contributed by atoms with Crippen LogP contribution in [-0.4, -0.2) is 47.1 Å². The first-order valence-electron chi connectivity index (χ1n) is 8.28. The second-order valence-corrected chi connectivity index (χ2v) is 6.55. The molecule has 0 aromatic heterocycles. The standard InChI is InChI=1S/C16H28N2O3/c1-3-16(21,4-2)11-17-14(19)13-6-5-9-18(10-13)15(20)12-7-8-12/h12-13,21H,3-11H2,1-2H3,(H,17,19). The van der Waals surface area contributed by atoms with Gasteiger partial charge in [0.05, 0.1) is 11.5 Å². The summed E-state index contributed by atoms with van der Waals surface area (Å²) in [4.78, 5) is 26.2. The zero-order chi connectivity index (χ0) is 15.5. The predicted octanol–water partition coefficient (Wildman–Crippen LogP) is 1.30. The quantitative estimate of drug-likeness (QED) is 0.776. The Morgan fingerprint density at radius 2 is 1.86 bits per heavy atom. The molecule has 1 heterocycles. The van der Waals surface area contributed by atoms with Gasteiger partial charge in [-0.15, -0.1) is 0 Å². The van der Waals surface area contributed by atoms with Crippen molar-refractivity contribution in [3.05, 3.63) is 0 Å². The first-order chi connectivity index (χ1) is 9.99. The number of rotatable bonds is 6. The highest BCUT2D eigenvalue weighted by atomic mass is 16.3. The van der Waals surface area contributed by atoms with Crippen molar-refractivity contribution in [3.63, 3.8) is 0 Å². The fourth-order valence-corrected chi connectivity index (χ4v) is 2.88. The van der Waals surface area contributed by atoms with Crippen LogP contribution in [0.5, 0.6) is 0 Å². The number of carbonyl (C=O) groups excluding carboxylic acids is 2. The van der Waals surface area contributed by atoms with Gasteiger partial charge < -0.3 is 15.3 Å². The summed E-state index contributed by atoms with van der Waals surface area (Å²) in [5.74, 6) is 0.297. The van der Waals surface area contributed by atoms with Gasteiger partial charge in [-0.05, 0) is 38.5 Å². The van der Waals surface area contributed by atoms with Gasteiger partial charge in [-0.1, -0.05) is 13.8 Å². The van der Waals surface area contributed by atoms with E-state index in [1.165, 1.54) is 0 Å². The van der Waals surface area contributed by atoms with Gasteiger partial charge in [0.2, 0.25) is 11.8 Å². The summed E-state index contributed by atoms with van der Waals surface area (Å²) in [5.41, 5.74) is -0.812. The van der Waals surface area contributed by atoms with Gasteiger partial charge in [-0.3, -0.25) is 9.59 Å². The number of hydrogen-bond acceptors (Lipinski definition) is 3. The Morgan fingerprint density at radius 3 is 2.43 bits per heavy atom. The summed E-state index contributed by atoms with van der Waals surface area (Å²) in [5, 5.41) is 13.1. The molecule has 0 aromatic carbocycles. The minimum atomic E-state index is -0.812. The summed E-state index contributed by atoms with van der Waals surface area (Å²) >= 11 is 0. The Bertz CT molecular complexity index is 389. The molecular weight excluding hydrogens is 268 g/mol. The number of nitrogens with zero attached hydrogens (tertiary/aromatic N) is 1. The van der Waals surface area contributed by atoms with Gasteiger partial charge >= 0.3 is 0 Å². The van der Waals surface area contributed by atoms with Crippen LogP contribution in [0.1, 0.15) is 52.4 Å². The Balaban J connectivity index is 1.82. The van der Waals surface area contributed by atoms with Crippen LogP contribution < -0.4 is 5.32 Å². The molecule has 2 fully saturated rings. The molecule has 0 aromatic rings. The lowest BCUT2D eigenvalue weighted by Gasteiger charge is -2.33. The maximum absolute atomic E-state index is 12.3. The molecule has 120 valence electrons. The van der Waals surface area contributed by atoms with Crippen LogP contribution in [0.3, 0.4) is 0 Å². The Hall–Kier alpha value is -1.10. The summed E-state index contributed by atoms with van der Waals surface area (Å²) in [6, 6.07) is 0. The molecule has 2 rings (SSSR count). The molecule has 0 bridgehead atoms. The van der Waals surface area contributed by atoms with Crippen LogP contribution in [0.25, 0.3) is 0 Å². The molecule has 0 radical (unpaired) electrons. The smallest absolute Gasteiger partial charge is 0.225 e. The normalized spacial score (nSPS) is 23.0. The SMILES string of the molecule is CCC(O)(CC)CNC(=O)C1CCCN(C(=O)C2CC2)C1. The lowest BCUT2D eigenvalue weighted by molar-refractivity contribution is -0.137. The largest absolute Gasteiger partial charge is 0.388 e. The van der Waals surface area contributed by atoms with E-state index >= 15 is 0 Å². The summed E-state index contributed by atoms with van der Waals surface area (Å²) in [6.07, 6.45) is 4.99. The van der Waals surface area contributed by atoms with Crippen molar-refractivity contribution < 1.29 is 14.7 Å². The van der Waals surface area contributed by atoms with E-state index in [0.29, 0.717) is 25.9 Å². The topological polar surface area (TPSA) is 69.6 Å². The van der Waals surface area contributed by atoms with Crippen LogP contribution in [0.2, 0.25) is 0 Å². The minimum Gasteiger partial charge on any atom is -0.388 e. The second kappa shape index (κ2) is 6.77. The van der Waals surface area contributed by atoms with E-state index in [0.717, 1.165) is 32.2 Å². The molecule has 0 spiro atoms. The Morgan fingerprint density at radius 1 is 1.19 bits per heavy atom. The molecule has 5 nitrogen and oxygen atoms in total. The lowest BCUT2D eigenvalue weighted by Crippen LogP contribution is -2.49. The van der Waals surface area contributed by atoms with E-state index in [2.05, 4.69) is 5.32 Å². The van der Waals surface area contributed by atoms with E-state index in [9.17, 15) is 14.7 Å². The van der Waals surface area contributed by atoms with Crippen molar-refractivity contribution in [2.75, 3.05) is 19.6 Å². The van der Waals surface area contributed by atoms with Gasteiger partial charge in [0.1, 0.15) is 0 Å². The number of piperidine rings is 1. The number of likely N-dealkylation sites (tertiary alicyclic amines) is 1. The number of carbonyl (C=O) groups is 2. The van der Waals surface area contributed by atoms with Gasteiger partial charge in [-0.2, -0.15) is 0 Å². The Kier molecular flexibility index (Phi) is 5.25. The highest BCUT2D eigenvalue weighted by molar-refractivity contribution is 5.83. The van der Waals surface area contributed by atoms with E-state index in [1.807, 2.05) is 18.7 Å². The number of hydrogen-bond donors (Lipinski definition) is 2. The second-order valence-electron chi connectivity index (χ2n) is 6.55. The first-order valence-corrected chi connectivity index (χ1v) is 8.28. The molecule has 2 amide bonds. The molecule has 1 aliphatic carbocycles. The van der Waals surface area contributed by atoms with Gasteiger partial charge in [0, 0.05) is 25.6 Å². The van der Waals surface area contributed by atoms with Crippen molar-refractivity contribution in [2.45, 2.75) is 58.0 Å². The van der Waals surface area contributed by atoms with Gasteiger partial charge in [0.25, 0.3) is 0 Å². The van der Waals surface area contributed by atoms with E-state index in [4.69, 9.17) is 0 Å². The predicted molar refractivity (Wildman–Crippen MR) is 80.6 cm³/mol. The zero-order valence-electron chi connectivity index (χ0n) is 13.2. The maximum Gasteiger partial charge on any atom is 0.225 e. The average Bonchev–Trinajstić information content (AvgIpc) is 3.36. The van der Waals surface area contributed by atoms with Crippen LogP contribution in [0, 0.1) is 11.8 Å². The third-order valence-corrected chi connectivity index (χ3v) is 4.94. The molecule has 21 heavy (non-hydrogen) atoms. The van der Waals surface area contributed by atoms with E-state index in [-0.39, 0.29) is 23.7 Å². The van der Waals surface area contributed by atoms with E-state index < -0.39 is 5.60 Å². The van der Waals surface area contributed by atoms with Gasteiger partial charge in [-0.25, -0.2) is 0 Å². The van der Waals surface area contributed by atoms with Crippen LogP contribution >= 0.6 is 0 Å². The highest BCUT2D eigenvalue weighted by Gasteiger charge is 2.37. The van der Waals surface area contributed by atoms with Crippen LogP contribution in [-0.2, 0) is 9.59 Å². The summed E-state index contributed by atoms with van der Waals surface area (Å²) in [6.45, 7) is 5.47. The maximum atomic E-state index is 12.3. The molecular formula is C16H28N2O3. The van der Waals surface area contributed by atoms with Crippen molar-refractivity contribution >= 4 is 11.8 Å². The molecule has 2 aliphatic rings. The van der Waals surface area contributed by atoms with Crippen LogP contribution in [0.4, 0.5) is 0 Å². The number of nitrogens with one attached hydrogen (secondary N) is 1. The van der Waals surface area contributed by atoms with E-state index in [1.54, 1.807) is 0 Å². The summed E-state index contributed by atoms with van der Waals surface area (Å²) < 4.78 is 0. The third kappa shape index (κ3) is 4.19. The minimum absolute atomic E-state index is 0.0244. The molecule has 1 unspecified atom stereocenters. The zero-order valence-corrected chi connectivity index (χ0v) is 13.2. The van der Waals surface area contributed by atoms with Crippen LogP contribution in [0.15, 0.2) is 0 Å². The third-order valence-electron chi connectivity index (χ3n) is 4.94. The number of amides is 2. The molecule has 1 saturated carbocycles. The first kappa shape index (κ1) is 16.3. The monoisotopic (exact) mass is 296 g/mol. The fourth-order valence-electron chi connectivity index (χ4n) is 2.88. The molecule has 2 N–H and O–H groups in total. The summed E-state index contributed by atoms with van der Waals surface area (Å²) in [7, 11) is 0. The van der Waals surface area contributed by atoms with Gasteiger partial charge in [0.15, 0.2) is 0 Å². The molecule has 1 saturated heterocycles. The molecule has 5 heteroatoms. The Labute approximate surface area is 127 Å². The number of aliphatic hydroxyl groups is 1. The fraction of sp³-hybridized carbons (Fsp3) is 0.875. The van der Waals surface area contributed by atoms with Crippen molar-refractivity contribution in [1.29, 1.82) is 0 Å². The van der Waals surface area contributed by atoms with Crippen molar-refractivity contribution in [1.82, 2.24) is 10.2 Å². The van der Waals surface area contributed by atoms with Crippen molar-refractivity contribution in [2.24, 2.45) is 11.8 Å². The highest BCUT2D eigenvalue weighted by Crippen LogP contribution is 2.32. The lowest BCUT2D eigenvalue weighted by atomic mass is 9.94. The van der Waals surface area contributed by atoms with Crippen molar-refractivity contribution in [3.8, 4) is 0 Å². The molecule has 1 aliphatic heterocycles. The molecule has 1 atom stereocenters. The average molecular weight is 296 g/mol.